The summed E-state index contributed by atoms with van der Waals surface area (Å²) in [5.74, 6) is 1.33. The second-order valence-electron chi connectivity index (χ2n) is 5.34. The summed E-state index contributed by atoms with van der Waals surface area (Å²) in [6.45, 7) is 4.50. The molecular weight excluding hydrogens is 364 g/mol. The lowest BCUT2D eigenvalue weighted by atomic mass is 10.1. The van der Waals surface area contributed by atoms with Gasteiger partial charge in [-0.05, 0) is 24.8 Å². The van der Waals surface area contributed by atoms with Crippen LogP contribution in [0.2, 0.25) is 0 Å². The van der Waals surface area contributed by atoms with E-state index in [9.17, 15) is 4.79 Å². The van der Waals surface area contributed by atoms with E-state index in [1.807, 2.05) is 55.5 Å². The average molecular weight is 385 g/mol. The van der Waals surface area contributed by atoms with Gasteiger partial charge in [-0.25, -0.2) is 4.98 Å². The highest BCUT2D eigenvalue weighted by Crippen LogP contribution is 2.38. The molecule has 4 nitrogen and oxygen atoms in total. The SMILES string of the molecule is CCOc1ccccc1C(=O)Nc1sc(SCC)nc1-c1ccccc1. The maximum Gasteiger partial charge on any atom is 0.260 e. The molecule has 1 aromatic heterocycles. The van der Waals surface area contributed by atoms with E-state index in [4.69, 9.17) is 9.72 Å². The molecule has 134 valence electrons. The molecule has 0 spiro atoms. The van der Waals surface area contributed by atoms with Crippen molar-refractivity contribution >= 4 is 34.0 Å². The molecule has 26 heavy (non-hydrogen) atoms. The Morgan fingerprint density at radius 3 is 2.58 bits per heavy atom. The Balaban J connectivity index is 1.93. The number of anilines is 1. The van der Waals surface area contributed by atoms with Crippen LogP contribution in [-0.2, 0) is 0 Å². The second kappa shape index (κ2) is 8.87. The van der Waals surface area contributed by atoms with Crippen molar-refractivity contribution in [2.45, 2.75) is 18.2 Å². The van der Waals surface area contributed by atoms with Crippen molar-refractivity contribution in [2.24, 2.45) is 0 Å². The van der Waals surface area contributed by atoms with Gasteiger partial charge in [-0.1, -0.05) is 72.5 Å². The molecule has 3 rings (SSSR count). The first-order chi connectivity index (χ1) is 12.7. The lowest BCUT2D eigenvalue weighted by Gasteiger charge is -2.10. The Hall–Kier alpha value is -2.31. The third-order valence-corrected chi connectivity index (χ3v) is 5.58. The Labute approximate surface area is 161 Å². The zero-order valence-corrected chi connectivity index (χ0v) is 16.3. The summed E-state index contributed by atoms with van der Waals surface area (Å²) in [4.78, 5) is 17.6. The van der Waals surface area contributed by atoms with Crippen LogP contribution in [0.25, 0.3) is 11.3 Å². The molecule has 0 unspecified atom stereocenters. The van der Waals surface area contributed by atoms with Crippen LogP contribution in [0.3, 0.4) is 0 Å². The van der Waals surface area contributed by atoms with E-state index >= 15 is 0 Å². The largest absolute Gasteiger partial charge is 0.493 e. The van der Waals surface area contributed by atoms with Crippen LogP contribution in [-0.4, -0.2) is 23.3 Å². The number of thioether (sulfide) groups is 1. The zero-order valence-electron chi connectivity index (χ0n) is 14.7. The molecule has 2 aromatic carbocycles. The molecule has 1 heterocycles. The van der Waals surface area contributed by atoms with Crippen LogP contribution in [0, 0.1) is 0 Å². The van der Waals surface area contributed by atoms with Gasteiger partial charge in [-0.3, -0.25) is 4.79 Å². The van der Waals surface area contributed by atoms with Crippen molar-refractivity contribution < 1.29 is 9.53 Å². The number of nitrogens with zero attached hydrogens (tertiary/aromatic N) is 1. The number of rotatable bonds is 7. The maximum atomic E-state index is 12.8. The monoisotopic (exact) mass is 384 g/mol. The summed E-state index contributed by atoms with van der Waals surface area (Å²) in [7, 11) is 0. The Morgan fingerprint density at radius 2 is 1.85 bits per heavy atom. The molecule has 0 aliphatic heterocycles. The highest BCUT2D eigenvalue weighted by atomic mass is 32.2. The molecule has 0 saturated carbocycles. The van der Waals surface area contributed by atoms with Crippen molar-refractivity contribution in [1.29, 1.82) is 0 Å². The van der Waals surface area contributed by atoms with Gasteiger partial charge in [0, 0.05) is 5.56 Å². The summed E-state index contributed by atoms with van der Waals surface area (Å²) in [5, 5.41) is 3.78. The van der Waals surface area contributed by atoms with Gasteiger partial charge in [0.2, 0.25) is 0 Å². The van der Waals surface area contributed by atoms with E-state index in [1.165, 1.54) is 11.3 Å². The van der Waals surface area contributed by atoms with Gasteiger partial charge in [-0.2, -0.15) is 0 Å². The Morgan fingerprint density at radius 1 is 1.12 bits per heavy atom. The minimum Gasteiger partial charge on any atom is -0.493 e. The minimum absolute atomic E-state index is 0.192. The first kappa shape index (κ1) is 18.5. The molecule has 1 amide bonds. The second-order valence-corrected chi connectivity index (χ2v) is 7.85. The number of amides is 1. The van der Waals surface area contributed by atoms with E-state index in [0.717, 1.165) is 26.4 Å². The summed E-state index contributed by atoms with van der Waals surface area (Å²) in [6.07, 6.45) is 0. The van der Waals surface area contributed by atoms with Crippen LogP contribution in [0.5, 0.6) is 5.75 Å². The fourth-order valence-corrected chi connectivity index (χ4v) is 4.43. The van der Waals surface area contributed by atoms with Crippen molar-refractivity contribution in [3.05, 3.63) is 60.2 Å². The maximum absolute atomic E-state index is 12.8. The third-order valence-electron chi connectivity index (χ3n) is 3.58. The van der Waals surface area contributed by atoms with Gasteiger partial charge >= 0.3 is 0 Å². The first-order valence-corrected chi connectivity index (χ1v) is 10.2. The molecule has 0 bridgehead atoms. The lowest BCUT2D eigenvalue weighted by molar-refractivity contribution is 0.102. The van der Waals surface area contributed by atoms with Gasteiger partial charge in [0.05, 0.1) is 12.2 Å². The van der Waals surface area contributed by atoms with Crippen LogP contribution in [0.1, 0.15) is 24.2 Å². The number of benzene rings is 2. The predicted molar refractivity (Wildman–Crippen MR) is 110 cm³/mol. The highest BCUT2D eigenvalue weighted by Gasteiger charge is 2.18. The number of carbonyl (C=O) groups is 1. The molecule has 0 saturated heterocycles. The molecule has 6 heteroatoms. The van der Waals surface area contributed by atoms with Crippen molar-refractivity contribution in [3.63, 3.8) is 0 Å². The first-order valence-electron chi connectivity index (χ1n) is 8.45. The predicted octanol–water partition coefficient (Wildman–Crippen LogP) is 5.57. The number of ether oxygens (including phenoxy) is 1. The van der Waals surface area contributed by atoms with Crippen LogP contribution in [0.4, 0.5) is 5.00 Å². The molecule has 0 aliphatic carbocycles. The normalized spacial score (nSPS) is 10.5. The molecule has 0 fully saturated rings. The van der Waals surface area contributed by atoms with E-state index in [0.29, 0.717) is 17.9 Å². The number of para-hydroxylation sites is 1. The van der Waals surface area contributed by atoms with Crippen molar-refractivity contribution in [3.8, 4) is 17.0 Å². The van der Waals surface area contributed by atoms with E-state index < -0.39 is 0 Å². The highest BCUT2D eigenvalue weighted by molar-refractivity contribution is 8.01. The average Bonchev–Trinajstić information content (AvgIpc) is 3.06. The minimum atomic E-state index is -0.192. The number of hydrogen-bond acceptors (Lipinski definition) is 5. The molecule has 0 radical (unpaired) electrons. The zero-order chi connectivity index (χ0) is 18.4. The number of hydrogen-bond donors (Lipinski definition) is 1. The number of thiazole rings is 1. The van der Waals surface area contributed by atoms with Crippen molar-refractivity contribution in [2.75, 3.05) is 17.7 Å². The fraction of sp³-hybridized carbons (Fsp3) is 0.200. The van der Waals surface area contributed by atoms with Crippen LogP contribution < -0.4 is 10.1 Å². The molecule has 3 aromatic rings. The summed E-state index contributed by atoms with van der Waals surface area (Å²) >= 11 is 3.17. The fourth-order valence-electron chi connectivity index (χ4n) is 2.47. The number of nitrogens with one attached hydrogen (secondary N) is 1. The third kappa shape index (κ3) is 4.26. The number of carbonyl (C=O) groups excluding carboxylic acids is 1. The van der Waals surface area contributed by atoms with Crippen LogP contribution >= 0.6 is 23.1 Å². The van der Waals surface area contributed by atoms with Gasteiger partial charge in [0.15, 0.2) is 4.34 Å². The van der Waals surface area contributed by atoms with E-state index in [2.05, 4.69) is 12.2 Å². The van der Waals surface area contributed by atoms with E-state index in [-0.39, 0.29) is 5.91 Å². The van der Waals surface area contributed by atoms with Gasteiger partial charge in [0.1, 0.15) is 16.4 Å². The van der Waals surface area contributed by atoms with Crippen LogP contribution in [0.15, 0.2) is 58.9 Å². The Kier molecular flexibility index (Phi) is 6.30. The Bertz CT molecular complexity index is 879. The summed E-state index contributed by atoms with van der Waals surface area (Å²) in [6, 6.07) is 17.2. The van der Waals surface area contributed by atoms with E-state index in [1.54, 1.807) is 17.8 Å². The molecular formula is C20H20N2O2S2. The summed E-state index contributed by atoms with van der Waals surface area (Å²) in [5.41, 5.74) is 2.31. The standard InChI is InChI=1S/C20H20N2O2S2/c1-3-24-16-13-9-8-12-15(16)18(23)22-19-17(14-10-6-5-7-11-14)21-20(26-19)25-4-2/h5-13H,3-4H2,1-2H3,(H,22,23). The van der Waals surface area contributed by atoms with Crippen molar-refractivity contribution in [1.82, 2.24) is 4.98 Å². The summed E-state index contributed by atoms with van der Waals surface area (Å²) < 4.78 is 6.52. The molecule has 1 N–H and O–H groups in total. The molecule has 0 aliphatic rings. The quantitative estimate of drug-likeness (QED) is 0.541. The van der Waals surface area contributed by atoms with Gasteiger partial charge < -0.3 is 10.1 Å². The number of aromatic nitrogens is 1. The smallest absolute Gasteiger partial charge is 0.260 e. The topological polar surface area (TPSA) is 51.2 Å². The van der Waals surface area contributed by atoms with Gasteiger partial charge in [-0.15, -0.1) is 0 Å². The van der Waals surface area contributed by atoms with Gasteiger partial charge in [0.25, 0.3) is 5.91 Å². The lowest BCUT2D eigenvalue weighted by Crippen LogP contribution is -2.13. The molecule has 0 atom stereocenters.